The van der Waals surface area contributed by atoms with Gasteiger partial charge in [-0.3, -0.25) is 4.79 Å². The molecule has 7 heteroatoms. The summed E-state index contributed by atoms with van der Waals surface area (Å²) in [4.78, 5) is 21.7. The Bertz CT molecular complexity index is 1660. The van der Waals surface area contributed by atoms with Crippen molar-refractivity contribution in [2.75, 3.05) is 13.1 Å². The first-order chi connectivity index (χ1) is 18.0. The minimum Gasteiger partial charge on any atom is -0.361 e. The molecule has 2 aromatic heterocycles. The highest BCUT2D eigenvalue weighted by atomic mass is 79.9. The van der Waals surface area contributed by atoms with Crippen molar-refractivity contribution in [3.8, 4) is 22.5 Å². The van der Waals surface area contributed by atoms with Crippen molar-refractivity contribution in [2.24, 2.45) is 11.3 Å². The van der Waals surface area contributed by atoms with Gasteiger partial charge in [-0.15, -0.1) is 0 Å². The van der Waals surface area contributed by atoms with Gasteiger partial charge in [0.15, 0.2) is 0 Å². The van der Waals surface area contributed by atoms with Crippen molar-refractivity contribution in [3.63, 3.8) is 0 Å². The second kappa shape index (κ2) is 8.64. The SMILES string of the molecule is O=C(C1CC1)[C@@]1(Cn2c(-c3ccc(-c4ccc5[nH]ccc5c4)cc3)nc3cc(Br)c(F)cc32)CCNC1. The summed E-state index contributed by atoms with van der Waals surface area (Å²) in [5, 5.41) is 4.59. The number of aromatic nitrogens is 3. The van der Waals surface area contributed by atoms with Gasteiger partial charge in [-0.05, 0) is 82.5 Å². The molecule has 0 bridgehead atoms. The number of halogens is 2. The molecule has 3 aromatic carbocycles. The second-order valence-corrected chi connectivity index (χ2v) is 11.3. The van der Waals surface area contributed by atoms with E-state index in [0.717, 1.165) is 53.8 Å². The smallest absolute Gasteiger partial charge is 0.145 e. The van der Waals surface area contributed by atoms with Crippen molar-refractivity contribution in [3.05, 3.63) is 77.2 Å². The molecule has 0 amide bonds. The van der Waals surface area contributed by atoms with Gasteiger partial charge in [-0.2, -0.15) is 0 Å². The number of aromatic amines is 1. The maximum atomic E-state index is 14.7. The Morgan fingerprint density at radius 3 is 2.59 bits per heavy atom. The van der Waals surface area contributed by atoms with Crippen LogP contribution < -0.4 is 5.32 Å². The molecular weight excluding hydrogens is 531 g/mol. The van der Waals surface area contributed by atoms with Crippen LogP contribution in [0.25, 0.3) is 44.5 Å². The Kier molecular flexibility index (Phi) is 5.34. The standard InChI is InChI=1S/C30H26BrFN4O/c31-23-14-26-27(15-24(23)32)36(17-30(10-12-33-16-30)28(37)19-3-4-19)29(35-26)20-5-1-18(2-6-20)21-7-8-25-22(13-21)9-11-34-25/h1-2,5-9,11,13-15,19,33-34H,3-4,10,12,16-17H2/t30-/m0/s1. The summed E-state index contributed by atoms with van der Waals surface area (Å²) >= 11 is 3.31. The van der Waals surface area contributed by atoms with Gasteiger partial charge >= 0.3 is 0 Å². The van der Waals surface area contributed by atoms with Crippen LogP contribution in [0.3, 0.4) is 0 Å². The topological polar surface area (TPSA) is 62.7 Å². The van der Waals surface area contributed by atoms with E-state index in [1.165, 1.54) is 11.5 Å². The molecule has 37 heavy (non-hydrogen) atoms. The molecule has 2 N–H and O–H groups in total. The zero-order chi connectivity index (χ0) is 25.1. The Labute approximate surface area is 222 Å². The van der Waals surface area contributed by atoms with E-state index in [-0.39, 0.29) is 11.7 Å². The van der Waals surface area contributed by atoms with E-state index >= 15 is 0 Å². The average molecular weight is 557 g/mol. The van der Waals surface area contributed by atoms with Crippen molar-refractivity contribution in [1.29, 1.82) is 0 Å². The summed E-state index contributed by atoms with van der Waals surface area (Å²) in [6.07, 6.45) is 4.70. The van der Waals surface area contributed by atoms with E-state index in [1.54, 1.807) is 6.07 Å². The normalized spacial score (nSPS) is 19.7. The van der Waals surface area contributed by atoms with Crippen LogP contribution in [0.15, 0.2) is 71.3 Å². The van der Waals surface area contributed by atoms with Crippen molar-refractivity contribution in [2.45, 2.75) is 25.8 Å². The second-order valence-electron chi connectivity index (χ2n) is 10.5. The van der Waals surface area contributed by atoms with E-state index in [9.17, 15) is 9.18 Å². The van der Waals surface area contributed by atoms with Gasteiger partial charge in [-0.25, -0.2) is 9.37 Å². The number of nitrogens with one attached hydrogen (secondary N) is 2. The molecule has 7 rings (SSSR count). The minimum absolute atomic E-state index is 0.167. The number of carbonyl (C=O) groups excluding carboxylic acids is 1. The molecule has 0 unspecified atom stereocenters. The number of Topliss-reactive ketones (excluding diaryl/α,β-unsaturated/α-hetero) is 1. The third-order valence-corrected chi connectivity index (χ3v) is 8.60. The lowest BCUT2D eigenvalue weighted by Crippen LogP contribution is -2.39. The van der Waals surface area contributed by atoms with Crippen LogP contribution in [-0.2, 0) is 11.3 Å². The fourth-order valence-electron chi connectivity index (χ4n) is 5.79. The third-order valence-electron chi connectivity index (χ3n) is 8.00. The third kappa shape index (κ3) is 3.92. The number of rotatable bonds is 6. The molecule has 1 aliphatic carbocycles. The summed E-state index contributed by atoms with van der Waals surface area (Å²) in [7, 11) is 0. The lowest BCUT2D eigenvalue weighted by Gasteiger charge is -2.28. The summed E-state index contributed by atoms with van der Waals surface area (Å²) in [6, 6.07) is 20.1. The van der Waals surface area contributed by atoms with Gasteiger partial charge in [0.1, 0.15) is 17.4 Å². The highest BCUT2D eigenvalue weighted by Gasteiger charge is 2.48. The quantitative estimate of drug-likeness (QED) is 0.244. The largest absolute Gasteiger partial charge is 0.361 e. The molecule has 1 saturated heterocycles. The fourth-order valence-corrected chi connectivity index (χ4v) is 6.12. The number of nitrogens with zero attached hydrogens (tertiary/aromatic N) is 2. The molecule has 0 radical (unpaired) electrons. The van der Waals surface area contributed by atoms with Crippen molar-refractivity contribution >= 4 is 43.6 Å². The zero-order valence-corrected chi connectivity index (χ0v) is 21.8. The first kappa shape index (κ1) is 22.9. The lowest BCUT2D eigenvalue weighted by molar-refractivity contribution is -0.129. The maximum Gasteiger partial charge on any atom is 0.145 e. The van der Waals surface area contributed by atoms with E-state index in [1.807, 2.05) is 6.20 Å². The van der Waals surface area contributed by atoms with Crippen LogP contribution in [0.4, 0.5) is 4.39 Å². The lowest BCUT2D eigenvalue weighted by atomic mass is 9.80. The van der Waals surface area contributed by atoms with E-state index in [4.69, 9.17) is 4.98 Å². The van der Waals surface area contributed by atoms with Crippen LogP contribution in [0.5, 0.6) is 0 Å². The molecule has 1 atom stereocenters. The number of benzene rings is 3. The summed E-state index contributed by atoms with van der Waals surface area (Å²) < 4.78 is 17.2. The first-order valence-corrected chi connectivity index (χ1v) is 13.6. The monoisotopic (exact) mass is 556 g/mol. The molecule has 5 aromatic rings. The Morgan fingerprint density at radius 2 is 1.84 bits per heavy atom. The molecule has 1 aliphatic heterocycles. The van der Waals surface area contributed by atoms with Crippen LogP contribution in [0, 0.1) is 17.2 Å². The number of H-pyrrole nitrogens is 1. The molecule has 1 saturated carbocycles. The summed E-state index contributed by atoms with van der Waals surface area (Å²) in [5.74, 6) is 0.942. The number of hydrogen-bond acceptors (Lipinski definition) is 3. The van der Waals surface area contributed by atoms with Gasteiger partial charge in [0.05, 0.1) is 20.9 Å². The van der Waals surface area contributed by atoms with Crippen LogP contribution in [0.2, 0.25) is 0 Å². The molecular formula is C30H26BrFN4O. The molecule has 0 spiro atoms. The minimum atomic E-state index is -0.487. The van der Waals surface area contributed by atoms with Crippen LogP contribution >= 0.6 is 15.9 Å². The Morgan fingerprint density at radius 1 is 1.05 bits per heavy atom. The number of ketones is 1. The summed E-state index contributed by atoms with van der Waals surface area (Å²) in [6.45, 7) is 1.97. The first-order valence-electron chi connectivity index (χ1n) is 12.8. The molecule has 186 valence electrons. The zero-order valence-electron chi connectivity index (χ0n) is 20.2. The van der Waals surface area contributed by atoms with E-state index in [2.05, 4.69) is 79.3 Å². The summed E-state index contributed by atoms with van der Waals surface area (Å²) in [5.41, 5.74) is 5.26. The van der Waals surface area contributed by atoms with Gasteiger partial charge < -0.3 is 14.9 Å². The van der Waals surface area contributed by atoms with Gasteiger partial charge in [0.2, 0.25) is 0 Å². The predicted molar refractivity (Wildman–Crippen MR) is 148 cm³/mol. The van der Waals surface area contributed by atoms with E-state index in [0.29, 0.717) is 34.4 Å². The van der Waals surface area contributed by atoms with Crippen LogP contribution in [0.1, 0.15) is 19.3 Å². The number of fused-ring (bicyclic) bond motifs is 2. The van der Waals surface area contributed by atoms with Crippen molar-refractivity contribution in [1.82, 2.24) is 19.9 Å². The highest BCUT2D eigenvalue weighted by molar-refractivity contribution is 9.10. The van der Waals surface area contributed by atoms with Gasteiger partial charge in [0, 0.05) is 42.4 Å². The number of imidazole rings is 1. The van der Waals surface area contributed by atoms with Crippen molar-refractivity contribution < 1.29 is 9.18 Å². The van der Waals surface area contributed by atoms with E-state index < -0.39 is 5.41 Å². The fraction of sp³-hybridized carbons (Fsp3) is 0.267. The predicted octanol–water partition coefficient (Wildman–Crippen LogP) is 6.71. The molecule has 3 heterocycles. The van der Waals surface area contributed by atoms with Crippen LogP contribution in [-0.4, -0.2) is 33.4 Å². The molecule has 2 aliphatic rings. The highest BCUT2D eigenvalue weighted by Crippen LogP contribution is 2.43. The number of carbonyl (C=O) groups is 1. The van der Waals surface area contributed by atoms with Gasteiger partial charge in [0.25, 0.3) is 0 Å². The Balaban J connectivity index is 1.32. The number of hydrogen-bond donors (Lipinski definition) is 2. The average Bonchev–Trinajstić information content (AvgIpc) is 3.30. The van der Waals surface area contributed by atoms with Gasteiger partial charge in [-0.1, -0.05) is 30.3 Å². The maximum absolute atomic E-state index is 14.7. The molecule has 2 fully saturated rings. The molecule has 5 nitrogen and oxygen atoms in total. The Hall–Kier alpha value is -3.29.